The Balaban J connectivity index is 0.00000208. The summed E-state index contributed by atoms with van der Waals surface area (Å²) in [7, 11) is 0. The van der Waals surface area contributed by atoms with Gasteiger partial charge >= 0.3 is 0 Å². The second-order valence-electron chi connectivity index (χ2n) is 5.89. The van der Waals surface area contributed by atoms with E-state index in [0.29, 0.717) is 12.5 Å². The van der Waals surface area contributed by atoms with Gasteiger partial charge in [-0.05, 0) is 32.3 Å². The summed E-state index contributed by atoms with van der Waals surface area (Å²) in [6.45, 7) is 7.42. The molecule has 0 aliphatic carbocycles. The number of fused-ring (bicyclic) bond motifs is 1. The van der Waals surface area contributed by atoms with Crippen molar-refractivity contribution < 1.29 is 4.42 Å². The third-order valence-corrected chi connectivity index (χ3v) is 4.13. The molecule has 1 unspecified atom stereocenters. The molecule has 3 rings (SSSR count). The summed E-state index contributed by atoms with van der Waals surface area (Å²) >= 11 is 0. The Bertz CT molecular complexity index is 652. The Morgan fingerprint density at radius 3 is 3.04 bits per heavy atom. The third-order valence-electron chi connectivity index (χ3n) is 4.13. The molecule has 0 saturated heterocycles. The van der Waals surface area contributed by atoms with Gasteiger partial charge in [-0.2, -0.15) is 0 Å². The lowest BCUT2D eigenvalue weighted by atomic mass is 9.99. The quantitative estimate of drug-likeness (QED) is 0.420. The van der Waals surface area contributed by atoms with E-state index in [1.54, 1.807) is 12.5 Å². The highest BCUT2D eigenvalue weighted by molar-refractivity contribution is 14.0. The molecule has 0 aromatic carbocycles. The van der Waals surface area contributed by atoms with Crippen LogP contribution in [0.3, 0.4) is 0 Å². The van der Waals surface area contributed by atoms with Crippen molar-refractivity contribution in [3.05, 3.63) is 35.8 Å². The largest absolute Gasteiger partial charge is 0.472 e. The van der Waals surface area contributed by atoms with Gasteiger partial charge in [-0.1, -0.05) is 0 Å². The zero-order valence-electron chi connectivity index (χ0n) is 14.2. The maximum Gasteiger partial charge on any atom is 0.191 e. The third kappa shape index (κ3) is 4.71. The van der Waals surface area contributed by atoms with Crippen molar-refractivity contribution in [2.75, 3.05) is 13.1 Å². The van der Waals surface area contributed by atoms with E-state index >= 15 is 0 Å². The molecule has 24 heavy (non-hydrogen) atoms. The van der Waals surface area contributed by atoms with Crippen LogP contribution in [0.1, 0.15) is 30.6 Å². The molecule has 3 heterocycles. The predicted octanol–water partition coefficient (Wildman–Crippen LogP) is 2.12. The summed E-state index contributed by atoms with van der Waals surface area (Å²) < 4.78 is 7.30. The maximum atomic E-state index is 5.07. The lowest BCUT2D eigenvalue weighted by Crippen LogP contribution is -2.41. The molecule has 8 heteroatoms. The summed E-state index contributed by atoms with van der Waals surface area (Å²) in [4.78, 5) is 4.60. The number of furan rings is 1. The van der Waals surface area contributed by atoms with Gasteiger partial charge in [-0.15, -0.1) is 34.2 Å². The van der Waals surface area contributed by atoms with Crippen LogP contribution in [0.2, 0.25) is 0 Å². The number of guanidine groups is 1. The highest BCUT2D eigenvalue weighted by Gasteiger charge is 2.21. The molecule has 1 atom stereocenters. The van der Waals surface area contributed by atoms with Crippen molar-refractivity contribution in [1.29, 1.82) is 0 Å². The normalized spacial score (nSPS) is 17.1. The number of nitrogens with one attached hydrogen (secondary N) is 2. The molecule has 132 valence electrons. The second kappa shape index (κ2) is 9.05. The number of aliphatic imine (C=N–C) groups is 1. The van der Waals surface area contributed by atoms with Crippen LogP contribution in [-0.2, 0) is 19.5 Å². The fraction of sp³-hybridized carbons (Fsp3) is 0.562. The molecule has 2 N–H and O–H groups in total. The number of nitrogens with zero attached hydrogens (tertiary/aromatic N) is 4. The first-order chi connectivity index (χ1) is 11.3. The molecule has 0 spiro atoms. The fourth-order valence-corrected chi connectivity index (χ4v) is 2.83. The van der Waals surface area contributed by atoms with Crippen LogP contribution < -0.4 is 10.6 Å². The molecule has 0 amide bonds. The molecule has 0 bridgehead atoms. The number of rotatable bonds is 5. The van der Waals surface area contributed by atoms with Crippen LogP contribution in [0.4, 0.5) is 0 Å². The molecule has 1 aliphatic heterocycles. The van der Waals surface area contributed by atoms with Crippen LogP contribution in [0.15, 0.2) is 28.0 Å². The highest BCUT2D eigenvalue weighted by atomic mass is 127. The number of hydrogen-bond donors (Lipinski definition) is 2. The molecular formula is C16H25IN6O. The number of aromatic nitrogens is 3. The van der Waals surface area contributed by atoms with Gasteiger partial charge in [0.25, 0.3) is 0 Å². The van der Waals surface area contributed by atoms with Gasteiger partial charge in [0.15, 0.2) is 5.96 Å². The molecule has 1 aliphatic rings. The molecule has 2 aromatic heterocycles. The van der Waals surface area contributed by atoms with Crippen molar-refractivity contribution in [3.8, 4) is 0 Å². The first-order valence-electron chi connectivity index (χ1n) is 8.18. The maximum absolute atomic E-state index is 5.07. The summed E-state index contributed by atoms with van der Waals surface area (Å²) in [6.07, 6.45) is 5.53. The lowest BCUT2D eigenvalue weighted by Gasteiger charge is -2.25. The zero-order valence-corrected chi connectivity index (χ0v) is 16.5. The molecule has 2 aromatic rings. The number of hydrogen-bond acceptors (Lipinski definition) is 4. The molecule has 0 saturated carbocycles. The molecule has 0 radical (unpaired) electrons. The first kappa shape index (κ1) is 18.8. The lowest BCUT2D eigenvalue weighted by molar-refractivity contribution is 0.358. The fourth-order valence-electron chi connectivity index (χ4n) is 2.83. The van der Waals surface area contributed by atoms with Gasteiger partial charge in [0.2, 0.25) is 0 Å². The van der Waals surface area contributed by atoms with Crippen molar-refractivity contribution in [1.82, 2.24) is 25.4 Å². The minimum Gasteiger partial charge on any atom is -0.472 e. The van der Waals surface area contributed by atoms with Crippen molar-refractivity contribution in [3.63, 3.8) is 0 Å². The van der Waals surface area contributed by atoms with Crippen LogP contribution in [0.25, 0.3) is 0 Å². The van der Waals surface area contributed by atoms with Crippen LogP contribution in [0, 0.1) is 12.8 Å². The van der Waals surface area contributed by atoms with E-state index < -0.39 is 0 Å². The van der Waals surface area contributed by atoms with Crippen molar-refractivity contribution in [2.24, 2.45) is 10.9 Å². The van der Waals surface area contributed by atoms with E-state index in [1.807, 2.05) is 13.0 Å². The van der Waals surface area contributed by atoms with E-state index in [1.165, 1.54) is 0 Å². The van der Waals surface area contributed by atoms with E-state index in [-0.39, 0.29) is 24.0 Å². The van der Waals surface area contributed by atoms with E-state index in [4.69, 9.17) is 4.42 Å². The highest BCUT2D eigenvalue weighted by Crippen LogP contribution is 2.19. The van der Waals surface area contributed by atoms with Crippen molar-refractivity contribution in [2.45, 2.75) is 39.8 Å². The van der Waals surface area contributed by atoms with Gasteiger partial charge in [0.05, 0.1) is 19.1 Å². The van der Waals surface area contributed by atoms with Crippen molar-refractivity contribution >= 4 is 29.9 Å². The van der Waals surface area contributed by atoms with Gasteiger partial charge in [0, 0.05) is 31.6 Å². The molecule has 7 nitrogen and oxygen atoms in total. The van der Waals surface area contributed by atoms with E-state index in [9.17, 15) is 0 Å². The van der Waals surface area contributed by atoms with E-state index in [2.05, 4.69) is 37.3 Å². The van der Waals surface area contributed by atoms with Crippen LogP contribution >= 0.6 is 24.0 Å². The molecule has 0 fully saturated rings. The smallest absolute Gasteiger partial charge is 0.191 e. The van der Waals surface area contributed by atoms with Gasteiger partial charge in [-0.3, -0.25) is 0 Å². The minimum atomic E-state index is 0. The Kier molecular flexibility index (Phi) is 7.07. The summed E-state index contributed by atoms with van der Waals surface area (Å²) in [5.74, 6) is 3.53. The van der Waals surface area contributed by atoms with E-state index in [0.717, 1.165) is 55.6 Å². The average molecular weight is 444 g/mol. The standard InChI is InChI=1S/C16H24N6O.HI/c1-3-17-16(19-9-14-6-7-23-11-14)18-8-13-4-5-15-21-20-12(2)22(15)10-13;/h6-7,11,13H,3-5,8-10H2,1-2H3,(H2,17,18,19);1H. The summed E-state index contributed by atoms with van der Waals surface area (Å²) in [5, 5.41) is 15.1. The van der Waals surface area contributed by atoms with Gasteiger partial charge < -0.3 is 19.6 Å². The Labute approximate surface area is 159 Å². The average Bonchev–Trinajstić information content (AvgIpc) is 3.20. The van der Waals surface area contributed by atoms with Crippen LogP contribution in [0.5, 0.6) is 0 Å². The zero-order chi connectivity index (χ0) is 16.1. The predicted molar refractivity (Wildman–Crippen MR) is 104 cm³/mol. The van der Waals surface area contributed by atoms with Crippen LogP contribution in [-0.4, -0.2) is 33.8 Å². The number of aryl methyl sites for hydroxylation is 2. The number of halogens is 1. The minimum absolute atomic E-state index is 0. The summed E-state index contributed by atoms with van der Waals surface area (Å²) in [5.41, 5.74) is 1.07. The topological polar surface area (TPSA) is 80.3 Å². The molecular weight excluding hydrogens is 419 g/mol. The Morgan fingerprint density at radius 2 is 2.29 bits per heavy atom. The Morgan fingerprint density at radius 1 is 1.42 bits per heavy atom. The Hall–Kier alpha value is -1.58. The second-order valence-corrected chi connectivity index (χ2v) is 5.89. The monoisotopic (exact) mass is 444 g/mol. The SMILES string of the molecule is CCNC(=NCc1ccoc1)NCC1CCc2nnc(C)n2C1.I. The van der Waals surface area contributed by atoms with Gasteiger partial charge in [-0.25, -0.2) is 4.99 Å². The summed E-state index contributed by atoms with van der Waals surface area (Å²) in [6, 6.07) is 1.94. The first-order valence-corrected chi connectivity index (χ1v) is 8.18. The van der Waals surface area contributed by atoms with Gasteiger partial charge in [0.1, 0.15) is 11.6 Å².